The van der Waals surface area contributed by atoms with Crippen molar-refractivity contribution in [1.29, 1.82) is 0 Å². The Labute approximate surface area is 247 Å². The van der Waals surface area contributed by atoms with Gasteiger partial charge in [0.15, 0.2) is 5.11 Å². The summed E-state index contributed by atoms with van der Waals surface area (Å²) in [7, 11) is 1.38. The van der Waals surface area contributed by atoms with Crippen LogP contribution in [0.3, 0.4) is 0 Å². The fourth-order valence-electron chi connectivity index (χ4n) is 4.79. The van der Waals surface area contributed by atoms with E-state index in [4.69, 9.17) is 17.0 Å². The maximum absolute atomic E-state index is 13.0. The van der Waals surface area contributed by atoms with Gasteiger partial charge in [-0.15, -0.1) is 23.1 Å². The number of para-hydroxylation sites is 1. The molecule has 1 amide bonds. The largest absolute Gasteiger partial charge is 0.465 e. The minimum absolute atomic E-state index is 0.173. The van der Waals surface area contributed by atoms with Gasteiger partial charge in [-0.2, -0.15) is 0 Å². The Hall–Kier alpha value is -3.66. The SMILES string of the molecule is COC(=O)c1c(NC(=O)CSc2cccc(NC(=S)Nc3ccccc3)c2)sc2c1CCC(c1ccccc1)C2. The molecular weight excluding hydrogens is 559 g/mol. The van der Waals surface area contributed by atoms with Crippen LogP contribution in [0, 0.1) is 0 Å². The normalized spacial score (nSPS) is 14.1. The second-order valence-electron chi connectivity index (χ2n) is 9.36. The number of thiocarbonyl (C=S) groups is 1. The van der Waals surface area contributed by atoms with Crippen molar-refractivity contribution in [3.8, 4) is 0 Å². The van der Waals surface area contributed by atoms with Crippen LogP contribution in [0.1, 0.15) is 38.7 Å². The lowest BCUT2D eigenvalue weighted by Crippen LogP contribution is -2.19. The van der Waals surface area contributed by atoms with Crippen molar-refractivity contribution < 1.29 is 14.3 Å². The minimum atomic E-state index is -0.405. The predicted molar refractivity (Wildman–Crippen MR) is 169 cm³/mol. The van der Waals surface area contributed by atoms with E-state index < -0.39 is 5.97 Å². The Morgan fingerprint density at radius 1 is 0.950 bits per heavy atom. The molecule has 4 aromatic rings. The molecule has 0 saturated carbocycles. The molecule has 1 unspecified atom stereocenters. The lowest BCUT2D eigenvalue weighted by Gasteiger charge is -2.22. The molecule has 1 heterocycles. The highest BCUT2D eigenvalue weighted by Gasteiger charge is 2.30. The number of ether oxygens (including phenoxy) is 1. The van der Waals surface area contributed by atoms with Gasteiger partial charge in [-0.25, -0.2) is 4.79 Å². The molecule has 0 bridgehead atoms. The van der Waals surface area contributed by atoms with E-state index in [1.165, 1.54) is 35.8 Å². The van der Waals surface area contributed by atoms with E-state index in [9.17, 15) is 9.59 Å². The molecule has 1 aromatic heterocycles. The number of thioether (sulfide) groups is 1. The summed E-state index contributed by atoms with van der Waals surface area (Å²) in [5, 5.41) is 10.4. The molecule has 40 heavy (non-hydrogen) atoms. The molecule has 0 saturated heterocycles. The van der Waals surface area contributed by atoms with Crippen LogP contribution in [0.2, 0.25) is 0 Å². The standard InChI is InChI=1S/C31H29N3O3S3/c1-37-30(36)28-25-16-15-21(20-9-4-2-5-10-20)17-26(25)40-29(28)34-27(35)19-39-24-14-8-13-23(18-24)33-31(38)32-22-11-6-3-7-12-22/h2-14,18,21H,15-17,19H2,1H3,(H,34,35)(H2,32,33,38). The molecule has 0 fully saturated rings. The summed E-state index contributed by atoms with van der Waals surface area (Å²) >= 11 is 8.33. The second-order valence-corrected chi connectivity index (χ2v) is 11.9. The number of nitrogens with one attached hydrogen (secondary N) is 3. The summed E-state index contributed by atoms with van der Waals surface area (Å²) in [4.78, 5) is 27.8. The molecule has 0 spiro atoms. The van der Waals surface area contributed by atoms with Crippen LogP contribution in [0.15, 0.2) is 89.8 Å². The van der Waals surface area contributed by atoms with Crippen molar-refractivity contribution in [3.05, 3.63) is 106 Å². The third-order valence-corrected chi connectivity index (χ3v) is 9.04. The van der Waals surface area contributed by atoms with E-state index >= 15 is 0 Å². The molecule has 5 rings (SSSR count). The van der Waals surface area contributed by atoms with Crippen molar-refractivity contribution in [1.82, 2.24) is 0 Å². The Kier molecular flexibility index (Phi) is 9.15. The molecule has 3 aromatic carbocycles. The van der Waals surface area contributed by atoms with Crippen LogP contribution in [-0.2, 0) is 22.4 Å². The number of fused-ring (bicyclic) bond motifs is 1. The van der Waals surface area contributed by atoms with Gasteiger partial charge in [0, 0.05) is 21.1 Å². The molecule has 3 N–H and O–H groups in total. The first-order chi connectivity index (χ1) is 19.5. The van der Waals surface area contributed by atoms with Gasteiger partial charge < -0.3 is 20.7 Å². The number of carbonyl (C=O) groups excluding carboxylic acids is 2. The number of hydrogen-bond donors (Lipinski definition) is 3. The monoisotopic (exact) mass is 587 g/mol. The molecule has 9 heteroatoms. The fraction of sp³-hybridized carbons (Fsp3) is 0.194. The number of esters is 1. The van der Waals surface area contributed by atoms with Crippen LogP contribution in [-0.4, -0.2) is 29.9 Å². The van der Waals surface area contributed by atoms with Gasteiger partial charge >= 0.3 is 5.97 Å². The quantitative estimate of drug-likeness (QED) is 0.113. The van der Waals surface area contributed by atoms with Gasteiger partial charge in [0.2, 0.25) is 5.91 Å². The topological polar surface area (TPSA) is 79.5 Å². The van der Waals surface area contributed by atoms with E-state index in [1.54, 1.807) is 0 Å². The number of rotatable bonds is 8. The first kappa shape index (κ1) is 27.9. The van der Waals surface area contributed by atoms with Gasteiger partial charge in [-0.1, -0.05) is 54.6 Å². The Morgan fingerprint density at radius 2 is 1.65 bits per heavy atom. The van der Waals surface area contributed by atoms with Crippen molar-refractivity contribution in [2.24, 2.45) is 0 Å². The van der Waals surface area contributed by atoms with Crippen molar-refractivity contribution in [2.45, 2.75) is 30.1 Å². The third kappa shape index (κ3) is 6.91. The summed E-state index contributed by atoms with van der Waals surface area (Å²) in [6.07, 6.45) is 2.58. The number of anilines is 3. The minimum Gasteiger partial charge on any atom is -0.465 e. The summed E-state index contributed by atoms with van der Waals surface area (Å²) in [5.41, 5.74) is 4.53. The highest BCUT2D eigenvalue weighted by Crippen LogP contribution is 2.42. The second kappa shape index (κ2) is 13.1. The van der Waals surface area contributed by atoms with E-state index in [1.807, 2.05) is 60.7 Å². The van der Waals surface area contributed by atoms with E-state index in [-0.39, 0.29) is 11.7 Å². The molecule has 204 valence electrons. The number of hydrogen-bond acceptors (Lipinski definition) is 6. The van der Waals surface area contributed by atoms with Crippen LogP contribution >= 0.6 is 35.3 Å². The molecule has 0 aliphatic heterocycles. The number of benzene rings is 3. The van der Waals surface area contributed by atoms with Gasteiger partial charge in [0.1, 0.15) is 5.00 Å². The first-order valence-electron chi connectivity index (χ1n) is 12.9. The fourth-order valence-corrected chi connectivity index (χ4v) is 7.11. The number of carbonyl (C=O) groups is 2. The number of thiophene rings is 1. The van der Waals surface area contributed by atoms with Crippen molar-refractivity contribution >= 4 is 68.7 Å². The average Bonchev–Trinajstić information content (AvgIpc) is 3.33. The number of methoxy groups -OCH3 is 1. The third-order valence-electron chi connectivity index (χ3n) is 6.67. The number of amides is 1. The highest BCUT2D eigenvalue weighted by molar-refractivity contribution is 8.00. The lowest BCUT2D eigenvalue weighted by molar-refractivity contribution is -0.113. The molecule has 1 aliphatic carbocycles. The molecular formula is C31H29N3O3S3. The van der Waals surface area contributed by atoms with E-state index in [2.05, 4.69) is 40.2 Å². The zero-order valence-electron chi connectivity index (χ0n) is 21.9. The molecule has 6 nitrogen and oxygen atoms in total. The summed E-state index contributed by atoms with van der Waals surface area (Å²) in [5.74, 6) is 0.0190. The Bertz CT molecular complexity index is 1510. The summed E-state index contributed by atoms with van der Waals surface area (Å²) in [6, 6.07) is 27.9. The van der Waals surface area contributed by atoms with Crippen LogP contribution in [0.25, 0.3) is 0 Å². The summed E-state index contributed by atoms with van der Waals surface area (Å²) < 4.78 is 5.09. The maximum Gasteiger partial charge on any atom is 0.341 e. The summed E-state index contributed by atoms with van der Waals surface area (Å²) in [6.45, 7) is 0. The molecule has 1 aliphatic rings. The maximum atomic E-state index is 13.0. The zero-order chi connectivity index (χ0) is 27.9. The molecule has 0 radical (unpaired) electrons. The zero-order valence-corrected chi connectivity index (χ0v) is 24.4. The lowest BCUT2D eigenvalue weighted by atomic mass is 9.83. The van der Waals surface area contributed by atoms with Crippen molar-refractivity contribution in [2.75, 3.05) is 28.8 Å². The highest BCUT2D eigenvalue weighted by atomic mass is 32.2. The molecule has 1 atom stereocenters. The van der Waals surface area contributed by atoms with Crippen LogP contribution in [0.4, 0.5) is 16.4 Å². The van der Waals surface area contributed by atoms with Crippen LogP contribution < -0.4 is 16.0 Å². The van der Waals surface area contributed by atoms with Gasteiger partial charge in [-0.05, 0) is 78.9 Å². The van der Waals surface area contributed by atoms with Gasteiger partial charge in [-0.3, -0.25) is 4.79 Å². The van der Waals surface area contributed by atoms with Gasteiger partial charge in [0.25, 0.3) is 0 Å². The van der Waals surface area contributed by atoms with Gasteiger partial charge in [0.05, 0.1) is 18.4 Å². The van der Waals surface area contributed by atoms with Crippen LogP contribution in [0.5, 0.6) is 0 Å². The smallest absolute Gasteiger partial charge is 0.341 e. The Morgan fingerprint density at radius 3 is 2.40 bits per heavy atom. The predicted octanol–water partition coefficient (Wildman–Crippen LogP) is 7.35. The Balaban J connectivity index is 1.22. The van der Waals surface area contributed by atoms with E-state index in [0.717, 1.165) is 46.0 Å². The van der Waals surface area contributed by atoms with E-state index in [0.29, 0.717) is 21.6 Å². The first-order valence-corrected chi connectivity index (χ1v) is 15.1. The van der Waals surface area contributed by atoms with Crippen molar-refractivity contribution in [3.63, 3.8) is 0 Å². The average molecular weight is 588 g/mol.